The van der Waals surface area contributed by atoms with Crippen LogP contribution in [0.2, 0.25) is 0 Å². The third-order valence-corrected chi connectivity index (χ3v) is 4.37. The highest BCUT2D eigenvalue weighted by Crippen LogP contribution is 2.15. The molecule has 1 N–H and O–H groups in total. The maximum Gasteiger partial charge on any atom is 0.126 e. The molecule has 1 aliphatic heterocycles. The Kier molecular flexibility index (Phi) is 6.49. The average molecular weight is 325 g/mol. The maximum atomic E-state index is 5.92. The molecule has 24 heavy (non-hydrogen) atoms. The fourth-order valence-electron chi connectivity index (χ4n) is 3.07. The zero-order chi connectivity index (χ0) is 16.5. The lowest BCUT2D eigenvalue weighted by molar-refractivity contribution is 0.205. The first-order chi connectivity index (χ1) is 11.9. The molecular formula is C20H27N3O. The normalized spacial score (nSPS) is 15.2. The summed E-state index contributed by atoms with van der Waals surface area (Å²) in [6, 6.07) is 14.2. The second kappa shape index (κ2) is 9.28. The monoisotopic (exact) mass is 325 g/mol. The molecule has 1 fully saturated rings. The Hall–Kier alpha value is -2.07. The molecule has 2 aromatic rings. The predicted octanol–water partition coefficient (Wildman–Crippen LogP) is 3.95. The molecule has 1 aromatic heterocycles. The van der Waals surface area contributed by atoms with Crippen molar-refractivity contribution < 1.29 is 4.74 Å². The van der Waals surface area contributed by atoms with Crippen molar-refractivity contribution in [2.24, 2.45) is 0 Å². The van der Waals surface area contributed by atoms with Gasteiger partial charge in [0.1, 0.15) is 11.6 Å². The molecule has 4 heteroatoms. The molecule has 0 amide bonds. The van der Waals surface area contributed by atoms with E-state index in [4.69, 9.17) is 4.74 Å². The van der Waals surface area contributed by atoms with E-state index in [1.165, 1.54) is 37.9 Å². The van der Waals surface area contributed by atoms with Gasteiger partial charge in [0.2, 0.25) is 0 Å². The van der Waals surface area contributed by atoms with E-state index in [1.807, 2.05) is 24.3 Å². The Labute approximate surface area is 144 Å². The quantitative estimate of drug-likeness (QED) is 0.746. The number of likely N-dealkylation sites (tertiary alicyclic amines) is 1. The van der Waals surface area contributed by atoms with Crippen LogP contribution in [0, 0.1) is 0 Å². The van der Waals surface area contributed by atoms with Crippen LogP contribution in [-0.2, 0) is 6.54 Å². The van der Waals surface area contributed by atoms with Gasteiger partial charge in [-0.15, -0.1) is 0 Å². The van der Waals surface area contributed by atoms with E-state index in [2.05, 4.69) is 33.4 Å². The van der Waals surface area contributed by atoms with Gasteiger partial charge in [-0.2, -0.15) is 0 Å². The predicted molar refractivity (Wildman–Crippen MR) is 98.4 cm³/mol. The molecule has 128 valence electrons. The van der Waals surface area contributed by atoms with Crippen LogP contribution in [0.15, 0.2) is 48.7 Å². The topological polar surface area (TPSA) is 37.4 Å². The number of ether oxygens (including phenoxy) is 1. The van der Waals surface area contributed by atoms with Crippen molar-refractivity contribution >= 4 is 5.82 Å². The molecule has 0 saturated carbocycles. The first-order valence-corrected chi connectivity index (χ1v) is 8.99. The lowest BCUT2D eigenvalue weighted by Gasteiger charge is -2.26. The van der Waals surface area contributed by atoms with E-state index >= 15 is 0 Å². The average Bonchev–Trinajstić information content (AvgIpc) is 2.66. The molecule has 0 unspecified atom stereocenters. The number of piperidine rings is 1. The van der Waals surface area contributed by atoms with Crippen LogP contribution in [0.5, 0.6) is 5.75 Å². The van der Waals surface area contributed by atoms with Crippen molar-refractivity contribution in [3.05, 3.63) is 54.2 Å². The lowest BCUT2D eigenvalue weighted by atomic mass is 10.1. The molecule has 1 saturated heterocycles. The number of aromatic nitrogens is 1. The minimum atomic E-state index is 0.752. The number of anilines is 1. The third-order valence-electron chi connectivity index (χ3n) is 4.37. The molecule has 0 spiro atoms. The highest BCUT2D eigenvalue weighted by atomic mass is 16.5. The summed E-state index contributed by atoms with van der Waals surface area (Å²) in [5.74, 6) is 1.85. The number of rotatable bonds is 8. The zero-order valence-electron chi connectivity index (χ0n) is 14.3. The summed E-state index contributed by atoms with van der Waals surface area (Å²) in [5.41, 5.74) is 1.20. The van der Waals surface area contributed by atoms with Crippen molar-refractivity contribution in [1.82, 2.24) is 9.88 Å². The van der Waals surface area contributed by atoms with Crippen LogP contribution < -0.4 is 10.1 Å². The minimum Gasteiger partial charge on any atom is -0.494 e. The largest absolute Gasteiger partial charge is 0.494 e. The number of hydrogen-bond donors (Lipinski definition) is 1. The van der Waals surface area contributed by atoms with Gasteiger partial charge in [-0.1, -0.05) is 24.6 Å². The molecule has 0 radical (unpaired) electrons. The summed E-state index contributed by atoms with van der Waals surface area (Å²) < 4.78 is 5.92. The fraction of sp³-hybridized carbons (Fsp3) is 0.450. The summed E-state index contributed by atoms with van der Waals surface area (Å²) in [6.07, 6.45) is 6.99. The third kappa shape index (κ3) is 5.53. The van der Waals surface area contributed by atoms with Crippen LogP contribution in [-0.4, -0.2) is 36.1 Å². The summed E-state index contributed by atoms with van der Waals surface area (Å²) in [6.45, 7) is 5.21. The van der Waals surface area contributed by atoms with Gasteiger partial charge in [-0.3, -0.25) is 0 Å². The van der Waals surface area contributed by atoms with Gasteiger partial charge in [-0.25, -0.2) is 4.98 Å². The molecule has 0 aliphatic carbocycles. The van der Waals surface area contributed by atoms with Gasteiger partial charge in [0.25, 0.3) is 0 Å². The van der Waals surface area contributed by atoms with Gasteiger partial charge < -0.3 is 15.0 Å². The molecule has 1 aliphatic rings. The summed E-state index contributed by atoms with van der Waals surface area (Å²) in [4.78, 5) is 6.83. The highest BCUT2D eigenvalue weighted by molar-refractivity contribution is 5.36. The van der Waals surface area contributed by atoms with Crippen molar-refractivity contribution in [3.63, 3.8) is 0 Å². The van der Waals surface area contributed by atoms with Crippen LogP contribution in [0.3, 0.4) is 0 Å². The van der Waals surface area contributed by atoms with Crippen LogP contribution in [0.25, 0.3) is 0 Å². The van der Waals surface area contributed by atoms with E-state index in [1.54, 1.807) is 6.20 Å². The molecular weight excluding hydrogens is 298 g/mol. The van der Waals surface area contributed by atoms with Gasteiger partial charge in [-0.05, 0) is 62.2 Å². The Morgan fingerprint density at radius 2 is 1.96 bits per heavy atom. The zero-order valence-corrected chi connectivity index (χ0v) is 14.3. The van der Waals surface area contributed by atoms with Gasteiger partial charge in [0.15, 0.2) is 0 Å². The van der Waals surface area contributed by atoms with Crippen molar-refractivity contribution in [3.8, 4) is 5.75 Å². The minimum absolute atomic E-state index is 0.752. The number of pyridine rings is 1. The Balaban J connectivity index is 1.39. The van der Waals surface area contributed by atoms with Gasteiger partial charge in [0, 0.05) is 19.3 Å². The fourth-order valence-corrected chi connectivity index (χ4v) is 3.07. The van der Waals surface area contributed by atoms with E-state index in [0.29, 0.717) is 0 Å². The Morgan fingerprint density at radius 3 is 2.79 bits per heavy atom. The van der Waals surface area contributed by atoms with Gasteiger partial charge >= 0.3 is 0 Å². The Morgan fingerprint density at radius 1 is 1.04 bits per heavy atom. The second-order valence-corrected chi connectivity index (χ2v) is 6.32. The maximum absolute atomic E-state index is 5.92. The Bertz CT molecular complexity index is 597. The SMILES string of the molecule is c1ccc(NCc2cccc(OCCCN3CCCCC3)c2)nc1. The summed E-state index contributed by atoms with van der Waals surface area (Å²) in [5, 5.41) is 3.33. The van der Waals surface area contributed by atoms with E-state index in [0.717, 1.165) is 37.7 Å². The standard InChI is InChI=1S/C20H27N3O/c1-4-12-23(13-5-1)14-7-15-24-19-9-6-8-18(16-19)17-22-20-10-2-3-11-21-20/h2-3,6,8-11,16H,1,4-5,7,12-15,17H2,(H,21,22). The molecule has 0 atom stereocenters. The highest BCUT2D eigenvalue weighted by Gasteiger charge is 2.09. The lowest BCUT2D eigenvalue weighted by Crippen LogP contribution is -2.31. The summed E-state index contributed by atoms with van der Waals surface area (Å²) in [7, 11) is 0. The van der Waals surface area contributed by atoms with E-state index in [9.17, 15) is 0 Å². The van der Waals surface area contributed by atoms with E-state index in [-0.39, 0.29) is 0 Å². The molecule has 2 heterocycles. The molecule has 3 rings (SSSR count). The van der Waals surface area contributed by atoms with Crippen LogP contribution in [0.1, 0.15) is 31.2 Å². The van der Waals surface area contributed by atoms with Crippen LogP contribution >= 0.6 is 0 Å². The number of nitrogens with zero attached hydrogens (tertiary/aromatic N) is 2. The smallest absolute Gasteiger partial charge is 0.126 e. The number of hydrogen-bond acceptors (Lipinski definition) is 4. The van der Waals surface area contributed by atoms with Crippen molar-refractivity contribution in [2.45, 2.75) is 32.2 Å². The first kappa shape index (κ1) is 16.8. The first-order valence-electron chi connectivity index (χ1n) is 8.99. The molecule has 4 nitrogen and oxygen atoms in total. The van der Waals surface area contributed by atoms with Crippen molar-refractivity contribution in [2.75, 3.05) is 31.6 Å². The van der Waals surface area contributed by atoms with E-state index < -0.39 is 0 Å². The van der Waals surface area contributed by atoms with Gasteiger partial charge in [0.05, 0.1) is 6.61 Å². The number of benzene rings is 1. The molecule has 1 aromatic carbocycles. The van der Waals surface area contributed by atoms with Crippen molar-refractivity contribution in [1.29, 1.82) is 0 Å². The molecule has 0 bridgehead atoms. The number of nitrogens with one attached hydrogen (secondary N) is 1. The second-order valence-electron chi connectivity index (χ2n) is 6.32. The summed E-state index contributed by atoms with van der Waals surface area (Å²) >= 11 is 0. The van der Waals surface area contributed by atoms with Crippen LogP contribution in [0.4, 0.5) is 5.82 Å².